The largest absolute Gasteiger partial charge is 0.372 e. The van der Waals surface area contributed by atoms with Crippen LogP contribution in [0.3, 0.4) is 0 Å². The first-order valence-electron chi connectivity index (χ1n) is 8.69. The molecular formula is C18H23N3O2S. The molecule has 6 heteroatoms. The van der Waals surface area contributed by atoms with Crippen LogP contribution >= 0.6 is 11.8 Å². The minimum absolute atomic E-state index is 0.00736. The first-order chi connectivity index (χ1) is 11.7. The Balaban J connectivity index is 1.71. The van der Waals surface area contributed by atoms with E-state index in [1.807, 2.05) is 47.5 Å². The zero-order valence-electron chi connectivity index (χ0n) is 14.0. The first-order valence-corrected chi connectivity index (χ1v) is 9.84. The van der Waals surface area contributed by atoms with Crippen LogP contribution in [0.5, 0.6) is 0 Å². The van der Waals surface area contributed by atoms with Gasteiger partial charge in [0.2, 0.25) is 0 Å². The van der Waals surface area contributed by atoms with E-state index in [1.165, 1.54) is 5.75 Å². The van der Waals surface area contributed by atoms with E-state index in [2.05, 4.69) is 4.90 Å². The Morgan fingerprint density at radius 3 is 2.96 bits per heavy atom. The Bertz CT molecular complexity index is 798. The summed E-state index contributed by atoms with van der Waals surface area (Å²) in [5, 5.41) is 0. The molecule has 24 heavy (non-hydrogen) atoms. The predicted molar refractivity (Wildman–Crippen MR) is 99.1 cm³/mol. The Hall–Kier alpha value is -1.53. The highest BCUT2D eigenvalue weighted by molar-refractivity contribution is 7.99. The Morgan fingerprint density at radius 1 is 1.29 bits per heavy atom. The molecule has 3 heterocycles. The molecule has 0 N–H and O–H groups in total. The van der Waals surface area contributed by atoms with Crippen molar-refractivity contribution in [2.45, 2.75) is 31.9 Å². The maximum absolute atomic E-state index is 13.0. The van der Waals surface area contributed by atoms with Crippen LogP contribution in [0.2, 0.25) is 0 Å². The van der Waals surface area contributed by atoms with Gasteiger partial charge in [-0.3, -0.25) is 4.79 Å². The van der Waals surface area contributed by atoms with Crippen LogP contribution in [-0.2, 0) is 11.3 Å². The maximum Gasteiger partial charge on any atom is 0.293 e. The van der Waals surface area contributed by atoms with Gasteiger partial charge in [0.05, 0.1) is 23.2 Å². The summed E-state index contributed by atoms with van der Waals surface area (Å²) in [5.41, 5.74) is 1.81. The van der Waals surface area contributed by atoms with Crippen molar-refractivity contribution in [2.75, 3.05) is 36.1 Å². The second-order valence-electron chi connectivity index (χ2n) is 6.54. The highest BCUT2D eigenvalue weighted by Gasteiger charge is 2.37. The molecular weight excluding hydrogens is 322 g/mol. The smallest absolute Gasteiger partial charge is 0.293 e. The molecule has 4 rings (SSSR count). The van der Waals surface area contributed by atoms with Crippen LogP contribution in [0, 0.1) is 0 Å². The van der Waals surface area contributed by atoms with Crippen molar-refractivity contribution >= 4 is 28.6 Å². The molecule has 1 aromatic carbocycles. The van der Waals surface area contributed by atoms with Gasteiger partial charge in [0.15, 0.2) is 5.82 Å². The van der Waals surface area contributed by atoms with E-state index in [0.717, 1.165) is 42.7 Å². The third-order valence-corrected chi connectivity index (χ3v) is 6.35. The Kier molecular flexibility index (Phi) is 4.26. The van der Waals surface area contributed by atoms with Gasteiger partial charge in [-0.1, -0.05) is 12.1 Å². The fourth-order valence-electron chi connectivity index (χ4n) is 3.71. The molecule has 1 atom stereocenters. The number of rotatable bonds is 2. The molecule has 0 aliphatic carbocycles. The highest BCUT2D eigenvalue weighted by atomic mass is 32.2. The fourth-order valence-corrected chi connectivity index (χ4v) is 5.11. The lowest BCUT2D eigenvalue weighted by Gasteiger charge is -2.26. The van der Waals surface area contributed by atoms with Gasteiger partial charge in [-0.05, 0) is 37.7 Å². The molecule has 1 aromatic heterocycles. The number of fused-ring (bicyclic) bond motifs is 1. The van der Waals surface area contributed by atoms with Gasteiger partial charge < -0.3 is 14.2 Å². The molecule has 0 bridgehead atoms. The monoisotopic (exact) mass is 345 g/mol. The number of para-hydroxylation sites is 2. The third kappa shape index (κ3) is 2.71. The zero-order valence-corrected chi connectivity index (χ0v) is 14.8. The zero-order chi connectivity index (χ0) is 16.6. The summed E-state index contributed by atoms with van der Waals surface area (Å²) in [6.45, 7) is 4.90. The second kappa shape index (κ2) is 6.41. The number of aryl methyl sites for hydroxylation is 1. The summed E-state index contributed by atoms with van der Waals surface area (Å²) in [6, 6.07) is 7.87. The van der Waals surface area contributed by atoms with Crippen LogP contribution in [0.1, 0.15) is 19.8 Å². The molecule has 2 aliphatic heterocycles. The highest BCUT2D eigenvalue weighted by Crippen LogP contribution is 2.35. The van der Waals surface area contributed by atoms with Crippen molar-refractivity contribution in [3.05, 3.63) is 34.6 Å². The lowest BCUT2D eigenvalue weighted by molar-refractivity contribution is -0.0164. The number of nitrogens with zero attached hydrogens (tertiary/aromatic N) is 3. The minimum Gasteiger partial charge on any atom is -0.372 e. The predicted octanol–water partition coefficient (Wildman–Crippen LogP) is 2.52. The van der Waals surface area contributed by atoms with E-state index in [9.17, 15) is 4.79 Å². The van der Waals surface area contributed by atoms with E-state index >= 15 is 0 Å². The lowest BCUT2D eigenvalue weighted by Crippen LogP contribution is -2.36. The van der Waals surface area contributed by atoms with Gasteiger partial charge in [-0.2, -0.15) is 11.8 Å². The third-order valence-electron chi connectivity index (χ3n) is 5.12. The minimum atomic E-state index is 0.00736. The molecule has 2 saturated heterocycles. The quantitative estimate of drug-likeness (QED) is 0.837. The molecule has 5 nitrogen and oxygen atoms in total. The molecule has 2 fully saturated rings. The maximum atomic E-state index is 13.0. The number of hydrogen-bond acceptors (Lipinski definition) is 5. The standard InChI is InChI=1S/C18H23N3O2S/c1-2-21-15-6-4-3-5-14(15)19-16(17(21)22)20-9-7-18(23-11-10-20)8-12-24-13-18/h3-6H,2,7-13H2,1H3. The van der Waals surface area contributed by atoms with Gasteiger partial charge in [0.25, 0.3) is 5.56 Å². The number of benzene rings is 1. The van der Waals surface area contributed by atoms with Crippen molar-refractivity contribution in [1.82, 2.24) is 9.55 Å². The van der Waals surface area contributed by atoms with E-state index in [1.54, 1.807) is 0 Å². The molecule has 0 amide bonds. The summed E-state index contributed by atoms with van der Waals surface area (Å²) >= 11 is 1.97. The summed E-state index contributed by atoms with van der Waals surface area (Å²) in [4.78, 5) is 19.8. The number of anilines is 1. The van der Waals surface area contributed by atoms with Crippen LogP contribution in [0.4, 0.5) is 5.82 Å². The van der Waals surface area contributed by atoms with Gasteiger partial charge >= 0.3 is 0 Å². The molecule has 1 unspecified atom stereocenters. The first kappa shape index (κ1) is 16.0. The molecule has 0 saturated carbocycles. The number of hydrogen-bond donors (Lipinski definition) is 0. The van der Waals surface area contributed by atoms with Gasteiger partial charge in [0, 0.05) is 25.4 Å². The normalized spacial score (nSPS) is 24.6. The summed E-state index contributed by atoms with van der Waals surface area (Å²) in [6.07, 6.45) is 2.09. The van der Waals surface area contributed by atoms with E-state index in [0.29, 0.717) is 19.0 Å². The van der Waals surface area contributed by atoms with E-state index in [4.69, 9.17) is 9.72 Å². The topological polar surface area (TPSA) is 47.4 Å². The van der Waals surface area contributed by atoms with Crippen molar-refractivity contribution in [3.8, 4) is 0 Å². The summed E-state index contributed by atoms with van der Waals surface area (Å²) in [7, 11) is 0. The molecule has 2 aromatic rings. The summed E-state index contributed by atoms with van der Waals surface area (Å²) in [5.74, 6) is 2.82. The second-order valence-corrected chi connectivity index (χ2v) is 7.65. The van der Waals surface area contributed by atoms with Crippen LogP contribution < -0.4 is 10.5 Å². The number of thioether (sulfide) groups is 1. The van der Waals surface area contributed by atoms with Crippen molar-refractivity contribution < 1.29 is 4.74 Å². The van der Waals surface area contributed by atoms with Gasteiger partial charge in [-0.25, -0.2) is 4.98 Å². The molecule has 0 radical (unpaired) electrons. The Labute approximate surface area is 146 Å². The fraction of sp³-hybridized carbons (Fsp3) is 0.556. The molecule has 128 valence electrons. The van der Waals surface area contributed by atoms with E-state index in [-0.39, 0.29) is 11.2 Å². The lowest BCUT2D eigenvalue weighted by atomic mass is 9.99. The molecule has 2 aliphatic rings. The number of aromatic nitrogens is 2. The van der Waals surface area contributed by atoms with Crippen molar-refractivity contribution in [1.29, 1.82) is 0 Å². The van der Waals surface area contributed by atoms with Crippen LogP contribution in [0.15, 0.2) is 29.1 Å². The van der Waals surface area contributed by atoms with E-state index < -0.39 is 0 Å². The van der Waals surface area contributed by atoms with Crippen molar-refractivity contribution in [2.24, 2.45) is 0 Å². The molecule has 1 spiro atoms. The van der Waals surface area contributed by atoms with Gasteiger partial charge in [0.1, 0.15) is 0 Å². The van der Waals surface area contributed by atoms with Crippen LogP contribution in [0.25, 0.3) is 11.0 Å². The van der Waals surface area contributed by atoms with Crippen LogP contribution in [-0.4, -0.2) is 46.4 Å². The Morgan fingerprint density at radius 2 is 2.17 bits per heavy atom. The average Bonchev–Trinajstić information content (AvgIpc) is 2.96. The van der Waals surface area contributed by atoms with Gasteiger partial charge in [-0.15, -0.1) is 0 Å². The average molecular weight is 345 g/mol. The van der Waals surface area contributed by atoms with Crippen molar-refractivity contribution in [3.63, 3.8) is 0 Å². The summed E-state index contributed by atoms with van der Waals surface area (Å²) < 4.78 is 8.01. The SMILES string of the molecule is CCn1c(=O)c(N2CCOC3(CCSC3)CC2)nc2ccccc21. The number of ether oxygens (including phenoxy) is 1.